The van der Waals surface area contributed by atoms with Crippen LogP contribution in [0.1, 0.15) is 30.6 Å². The van der Waals surface area contributed by atoms with E-state index < -0.39 is 0 Å². The number of hydrogen-bond acceptors (Lipinski definition) is 4. The van der Waals surface area contributed by atoms with Crippen LogP contribution in [0.4, 0.5) is 0 Å². The Bertz CT molecular complexity index is 825. The number of nitrogens with one attached hydrogen (secondary N) is 2. The fraction of sp³-hybridized carbons (Fsp3) is 0.438. The molecule has 1 amide bonds. The molecule has 0 spiro atoms. The first-order valence-electron chi connectivity index (χ1n) is 7.63. The lowest BCUT2D eigenvalue weighted by molar-refractivity contribution is 0.0945. The zero-order chi connectivity index (χ0) is 17.0. The Morgan fingerprint density at radius 1 is 1.48 bits per heavy atom. The van der Waals surface area contributed by atoms with E-state index >= 15 is 0 Å². The molecule has 124 valence electrons. The van der Waals surface area contributed by atoms with Crippen LogP contribution in [-0.2, 0) is 6.54 Å². The lowest BCUT2D eigenvalue weighted by atomic mass is 10.1. The van der Waals surface area contributed by atoms with Crippen LogP contribution in [0.25, 0.3) is 10.9 Å². The summed E-state index contributed by atoms with van der Waals surface area (Å²) in [6.07, 6.45) is 0.641. The summed E-state index contributed by atoms with van der Waals surface area (Å²) in [4.78, 5) is 27.5. The summed E-state index contributed by atoms with van der Waals surface area (Å²) in [7, 11) is 0. The summed E-state index contributed by atoms with van der Waals surface area (Å²) in [6, 6.07) is 4.91. The number of amides is 1. The Morgan fingerprint density at radius 3 is 2.87 bits per heavy atom. The Hall–Kier alpha value is -1.99. The topological polar surface area (TPSA) is 87.1 Å². The van der Waals surface area contributed by atoms with Crippen molar-refractivity contribution in [3.05, 3.63) is 38.9 Å². The maximum absolute atomic E-state index is 12.3. The number of carbonyl (C=O) groups excluding carboxylic acids is 1. The van der Waals surface area contributed by atoms with E-state index in [0.29, 0.717) is 40.7 Å². The highest BCUT2D eigenvalue weighted by molar-refractivity contribution is 7.71. The monoisotopic (exact) mass is 335 g/mol. The van der Waals surface area contributed by atoms with Crippen molar-refractivity contribution in [3.8, 4) is 0 Å². The number of aliphatic hydroxyl groups is 1. The highest BCUT2D eigenvalue weighted by atomic mass is 32.1. The summed E-state index contributed by atoms with van der Waals surface area (Å²) >= 11 is 5.17. The minimum absolute atomic E-state index is 0.104. The molecule has 0 fully saturated rings. The molecular formula is C16H21N3O3S. The van der Waals surface area contributed by atoms with Crippen molar-refractivity contribution in [1.82, 2.24) is 14.9 Å². The average molecular weight is 335 g/mol. The summed E-state index contributed by atoms with van der Waals surface area (Å²) in [5.41, 5.74) is 0.864. The van der Waals surface area contributed by atoms with Gasteiger partial charge in [0.25, 0.3) is 11.5 Å². The van der Waals surface area contributed by atoms with Crippen molar-refractivity contribution in [2.75, 3.05) is 13.2 Å². The van der Waals surface area contributed by atoms with Crippen LogP contribution >= 0.6 is 12.2 Å². The summed E-state index contributed by atoms with van der Waals surface area (Å²) in [6.45, 7) is 4.90. The second kappa shape index (κ2) is 7.52. The minimum atomic E-state index is -0.212. The predicted molar refractivity (Wildman–Crippen MR) is 92.3 cm³/mol. The first-order chi connectivity index (χ1) is 11.0. The number of aliphatic hydroxyl groups excluding tert-OH is 1. The van der Waals surface area contributed by atoms with Crippen LogP contribution in [0.2, 0.25) is 0 Å². The highest BCUT2D eigenvalue weighted by Crippen LogP contribution is 2.11. The zero-order valence-electron chi connectivity index (χ0n) is 13.3. The molecule has 6 nitrogen and oxygen atoms in total. The predicted octanol–water partition coefficient (Wildman–Crippen LogP) is 1.83. The molecule has 0 bridgehead atoms. The number of carbonyl (C=O) groups is 1. The van der Waals surface area contributed by atoms with E-state index in [4.69, 9.17) is 17.3 Å². The third-order valence-electron chi connectivity index (χ3n) is 3.79. The quantitative estimate of drug-likeness (QED) is 0.703. The van der Waals surface area contributed by atoms with E-state index in [1.54, 1.807) is 18.2 Å². The molecule has 0 radical (unpaired) electrons. The third kappa shape index (κ3) is 3.86. The smallest absolute Gasteiger partial charge is 0.262 e. The van der Waals surface area contributed by atoms with Crippen molar-refractivity contribution < 1.29 is 9.90 Å². The Kier molecular flexibility index (Phi) is 5.68. The molecular weight excluding hydrogens is 314 g/mol. The summed E-state index contributed by atoms with van der Waals surface area (Å²) < 4.78 is 1.83. The van der Waals surface area contributed by atoms with Gasteiger partial charge in [0.15, 0.2) is 4.77 Å². The first-order valence-corrected chi connectivity index (χ1v) is 8.04. The molecule has 1 aromatic heterocycles. The van der Waals surface area contributed by atoms with E-state index in [1.165, 1.54) is 4.57 Å². The molecule has 0 aliphatic carbocycles. The number of hydrogen-bond donors (Lipinski definition) is 3. The van der Waals surface area contributed by atoms with Gasteiger partial charge >= 0.3 is 0 Å². The zero-order valence-corrected chi connectivity index (χ0v) is 14.1. The summed E-state index contributed by atoms with van der Waals surface area (Å²) in [5, 5.41) is 12.2. The van der Waals surface area contributed by atoms with Crippen LogP contribution in [0.3, 0.4) is 0 Å². The van der Waals surface area contributed by atoms with E-state index in [2.05, 4.69) is 10.3 Å². The van der Waals surface area contributed by atoms with Gasteiger partial charge in [-0.05, 0) is 49.7 Å². The second-order valence-electron chi connectivity index (χ2n) is 5.57. The lowest BCUT2D eigenvalue weighted by Gasteiger charge is -2.11. The fourth-order valence-electron chi connectivity index (χ4n) is 2.37. The van der Waals surface area contributed by atoms with Crippen LogP contribution in [0.5, 0.6) is 0 Å². The highest BCUT2D eigenvalue weighted by Gasteiger charge is 2.11. The normalized spacial score (nSPS) is 12.3. The number of H-pyrrole nitrogens is 1. The number of aromatic amines is 1. The van der Waals surface area contributed by atoms with Gasteiger partial charge in [0.1, 0.15) is 0 Å². The molecule has 1 aromatic carbocycles. The van der Waals surface area contributed by atoms with Gasteiger partial charge < -0.3 is 15.4 Å². The Balaban J connectivity index is 2.28. The Morgan fingerprint density at radius 2 is 2.22 bits per heavy atom. The molecule has 1 heterocycles. The van der Waals surface area contributed by atoms with Gasteiger partial charge in [0, 0.05) is 25.3 Å². The standard InChI is InChI=1S/C16H21N3O3S/c1-3-19-15(22)12-5-4-11(8-13(12)18-16(19)23)14(21)17-9-10(2)6-7-20/h4-5,8,10,20H,3,6-7,9H2,1-2H3,(H,17,21)(H,18,23). The number of rotatable bonds is 6. The molecule has 3 N–H and O–H groups in total. The van der Waals surface area contributed by atoms with Crippen molar-refractivity contribution >= 4 is 29.0 Å². The van der Waals surface area contributed by atoms with Crippen LogP contribution in [0.15, 0.2) is 23.0 Å². The number of aromatic nitrogens is 2. The lowest BCUT2D eigenvalue weighted by Crippen LogP contribution is -2.28. The Labute approximate surface area is 139 Å². The van der Waals surface area contributed by atoms with Crippen molar-refractivity contribution in [1.29, 1.82) is 0 Å². The largest absolute Gasteiger partial charge is 0.396 e. The molecule has 7 heteroatoms. The third-order valence-corrected chi connectivity index (χ3v) is 4.12. The maximum Gasteiger partial charge on any atom is 0.262 e. The molecule has 0 saturated carbocycles. The first kappa shape index (κ1) is 17.4. The number of benzene rings is 1. The molecule has 0 aliphatic heterocycles. The molecule has 23 heavy (non-hydrogen) atoms. The van der Waals surface area contributed by atoms with Crippen molar-refractivity contribution in [2.45, 2.75) is 26.8 Å². The van der Waals surface area contributed by atoms with Gasteiger partial charge in [-0.2, -0.15) is 0 Å². The van der Waals surface area contributed by atoms with E-state index in [0.717, 1.165) is 0 Å². The van der Waals surface area contributed by atoms with E-state index in [9.17, 15) is 9.59 Å². The van der Waals surface area contributed by atoms with Crippen LogP contribution in [-0.4, -0.2) is 33.7 Å². The van der Waals surface area contributed by atoms with Crippen molar-refractivity contribution in [2.24, 2.45) is 5.92 Å². The van der Waals surface area contributed by atoms with Gasteiger partial charge in [-0.25, -0.2) is 0 Å². The molecule has 0 aliphatic rings. The number of fused-ring (bicyclic) bond motifs is 1. The molecule has 2 aromatic rings. The molecule has 1 unspecified atom stereocenters. The molecule has 1 atom stereocenters. The van der Waals surface area contributed by atoms with Crippen molar-refractivity contribution in [3.63, 3.8) is 0 Å². The average Bonchev–Trinajstić information content (AvgIpc) is 2.52. The van der Waals surface area contributed by atoms with E-state index in [-0.39, 0.29) is 24.0 Å². The van der Waals surface area contributed by atoms with Gasteiger partial charge in [0.2, 0.25) is 0 Å². The maximum atomic E-state index is 12.3. The SMILES string of the molecule is CCn1c(=S)[nH]c2cc(C(=O)NCC(C)CCO)ccc2c1=O. The summed E-state index contributed by atoms with van der Waals surface area (Å²) in [5.74, 6) is -0.0114. The minimum Gasteiger partial charge on any atom is -0.396 e. The van der Waals surface area contributed by atoms with Gasteiger partial charge in [-0.1, -0.05) is 6.92 Å². The second-order valence-corrected chi connectivity index (χ2v) is 5.95. The van der Waals surface area contributed by atoms with Gasteiger partial charge in [-0.3, -0.25) is 14.2 Å². The fourth-order valence-corrected chi connectivity index (χ4v) is 2.70. The van der Waals surface area contributed by atoms with Gasteiger partial charge in [-0.15, -0.1) is 0 Å². The molecule has 0 saturated heterocycles. The van der Waals surface area contributed by atoms with E-state index in [1.807, 2.05) is 13.8 Å². The van der Waals surface area contributed by atoms with Crippen LogP contribution < -0.4 is 10.9 Å². The van der Waals surface area contributed by atoms with Gasteiger partial charge in [0.05, 0.1) is 10.9 Å². The molecule has 2 rings (SSSR count). The van der Waals surface area contributed by atoms with Crippen LogP contribution in [0, 0.1) is 10.7 Å². The number of nitrogens with zero attached hydrogens (tertiary/aromatic N) is 1.